The zero-order chi connectivity index (χ0) is 13.1. The lowest BCUT2D eigenvalue weighted by Gasteiger charge is -2.10. The highest BCUT2D eigenvalue weighted by Crippen LogP contribution is 2.24. The van der Waals surface area contributed by atoms with E-state index >= 15 is 0 Å². The maximum absolute atomic E-state index is 11.9. The van der Waals surface area contributed by atoms with Crippen LogP contribution in [0.15, 0.2) is 18.2 Å². The molecule has 6 heteroatoms. The lowest BCUT2D eigenvalue weighted by molar-refractivity contribution is -0.142. The van der Waals surface area contributed by atoms with Gasteiger partial charge in [-0.2, -0.15) is 13.2 Å². The molecule has 0 fully saturated rings. The number of benzene rings is 1. The van der Waals surface area contributed by atoms with Gasteiger partial charge in [-0.1, -0.05) is 17.7 Å². The van der Waals surface area contributed by atoms with Crippen LogP contribution in [0.25, 0.3) is 0 Å². The molecule has 0 aliphatic heterocycles. The van der Waals surface area contributed by atoms with Gasteiger partial charge in [-0.25, -0.2) is 0 Å². The number of anilines is 1. The van der Waals surface area contributed by atoms with E-state index in [1.807, 2.05) is 0 Å². The molecule has 0 heterocycles. The normalized spacial score (nSPS) is 11.4. The number of rotatable bonds is 3. The van der Waals surface area contributed by atoms with Crippen LogP contribution in [0, 0.1) is 6.92 Å². The first-order valence-corrected chi connectivity index (χ1v) is 5.29. The molecule has 1 aromatic carbocycles. The van der Waals surface area contributed by atoms with E-state index in [0.29, 0.717) is 16.3 Å². The average Bonchev–Trinajstić information content (AvgIpc) is 2.21. The van der Waals surface area contributed by atoms with Crippen molar-refractivity contribution in [2.45, 2.75) is 25.9 Å². The van der Waals surface area contributed by atoms with Crippen LogP contribution in [0.1, 0.15) is 18.4 Å². The summed E-state index contributed by atoms with van der Waals surface area (Å²) in [5, 5.41) is 2.86. The van der Waals surface area contributed by atoms with Crippen LogP contribution in [0.2, 0.25) is 5.02 Å². The summed E-state index contributed by atoms with van der Waals surface area (Å²) in [6.45, 7) is 1.68. The van der Waals surface area contributed by atoms with Crippen molar-refractivity contribution in [1.29, 1.82) is 0 Å². The number of carbonyl (C=O) groups is 1. The van der Waals surface area contributed by atoms with Crippen molar-refractivity contribution in [3.63, 3.8) is 0 Å². The summed E-state index contributed by atoms with van der Waals surface area (Å²) in [7, 11) is 0. The van der Waals surface area contributed by atoms with Crippen LogP contribution < -0.4 is 5.32 Å². The largest absolute Gasteiger partial charge is 0.389 e. The summed E-state index contributed by atoms with van der Waals surface area (Å²) in [6.07, 6.45) is -6.03. The number of hydrogen-bond acceptors (Lipinski definition) is 1. The van der Waals surface area contributed by atoms with Gasteiger partial charge in [-0.05, 0) is 24.6 Å². The Balaban J connectivity index is 2.60. The molecule has 0 spiro atoms. The molecule has 1 N–H and O–H groups in total. The molecular formula is C11H11ClF3NO. The van der Waals surface area contributed by atoms with Gasteiger partial charge in [-0.3, -0.25) is 4.79 Å². The zero-order valence-corrected chi connectivity index (χ0v) is 9.82. The van der Waals surface area contributed by atoms with E-state index in [4.69, 9.17) is 11.6 Å². The summed E-state index contributed by atoms with van der Waals surface area (Å²) in [6, 6.07) is 4.85. The predicted octanol–water partition coefficient (Wildman–Crippen LogP) is 3.93. The maximum atomic E-state index is 11.9. The minimum atomic E-state index is -4.32. The highest BCUT2D eigenvalue weighted by Gasteiger charge is 2.27. The topological polar surface area (TPSA) is 29.1 Å². The van der Waals surface area contributed by atoms with Crippen LogP contribution in [0.4, 0.5) is 18.9 Å². The molecule has 0 aliphatic carbocycles. The van der Waals surface area contributed by atoms with Gasteiger partial charge in [0.1, 0.15) is 0 Å². The predicted molar refractivity (Wildman–Crippen MR) is 60.1 cm³/mol. The molecule has 0 saturated heterocycles. The number of carbonyl (C=O) groups excluding carboxylic acids is 1. The number of halogens is 4. The van der Waals surface area contributed by atoms with Gasteiger partial charge in [0.25, 0.3) is 0 Å². The van der Waals surface area contributed by atoms with Gasteiger partial charge in [-0.15, -0.1) is 0 Å². The van der Waals surface area contributed by atoms with Crippen molar-refractivity contribution in [3.8, 4) is 0 Å². The Kier molecular flexibility index (Phi) is 4.40. The quantitative estimate of drug-likeness (QED) is 0.881. The van der Waals surface area contributed by atoms with Gasteiger partial charge < -0.3 is 5.32 Å². The number of alkyl halides is 3. The summed E-state index contributed by atoms with van der Waals surface area (Å²) >= 11 is 5.82. The van der Waals surface area contributed by atoms with Crippen molar-refractivity contribution < 1.29 is 18.0 Å². The van der Waals surface area contributed by atoms with Crippen LogP contribution >= 0.6 is 11.6 Å². The van der Waals surface area contributed by atoms with E-state index in [1.54, 1.807) is 25.1 Å². The van der Waals surface area contributed by atoms with E-state index in [9.17, 15) is 18.0 Å². The summed E-state index contributed by atoms with van der Waals surface area (Å²) in [4.78, 5) is 11.3. The smallest absolute Gasteiger partial charge is 0.326 e. The Labute approximate surface area is 102 Å². The SMILES string of the molecule is Cc1c(Cl)cccc1NC(=O)CCC(F)(F)F. The molecule has 1 rings (SSSR count). The summed E-state index contributed by atoms with van der Waals surface area (Å²) in [5.74, 6) is -0.673. The Morgan fingerprint density at radius 3 is 2.65 bits per heavy atom. The molecule has 94 valence electrons. The van der Waals surface area contributed by atoms with Crippen LogP contribution in [0.3, 0.4) is 0 Å². The Hall–Kier alpha value is -1.23. The Bertz CT molecular complexity index is 418. The standard InChI is InChI=1S/C11H11ClF3NO/c1-7-8(12)3-2-4-9(7)16-10(17)5-6-11(13,14)15/h2-4H,5-6H2,1H3,(H,16,17). The minimum Gasteiger partial charge on any atom is -0.326 e. The average molecular weight is 266 g/mol. The number of hydrogen-bond donors (Lipinski definition) is 1. The van der Waals surface area contributed by atoms with E-state index in [1.165, 1.54) is 0 Å². The second-order valence-corrected chi connectivity index (χ2v) is 3.98. The van der Waals surface area contributed by atoms with Crippen molar-refractivity contribution in [3.05, 3.63) is 28.8 Å². The highest BCUT2D eigenvalue weighted by molar-refractivity contribution is 6.31. The van der Waals surface area contributed by atoms with Crippen molar-refractivity contribution in [2.24, 2.45) is 0 Å². The molecule has 17 heavy (non-hydrogen) atoms. The third-order valence-corrected chi connectivity index (χ3v) is 2.59. The molecule has 1 amide bonds. The molecule has 0 saturated carbocycles. The second kappa shape index (κ2) is 5.40. The van der Waals surface area contributed by atoms with Crippen molar-refractivity contribution in [2.75, 3.05) is 5.32 Å². The Morgan fingerprint density at radius 2 is 2.06 bits per heavy atom. The van der Waals surface area contributed by atoms with Gasteiger partial charge in [0.2, 0.25) is 5.91 Å². The van der Waals surface area contributed by atoms with Gasteiger partial charge in [0.15, 0.2) is 0 Å². The third-order valence-electron chi connectivity index (χ3n) is 2.18. The summed E-state index contributed by atoms with van der Waals surface area (Å²) < 4.78 is 35.7. The third kappa shape index (κ3) is 4.65. The van der Waals surface area contributed by atoms with E-state index in [0.717, 1.165) is 0 Å². The lowest BCUT2D eigenvalue weighted by atomic mass is 10.2. The fourth-order valence-corrected chi connectivity index (χ4v) is 1.39. The Morgan fingerprint density at radius 1 is 1.41 bits per heavy atom. The van der Waals surface area contributed by atoms with Crippen molar-refractivity contribution in [1.82, 2.24) is 0 Å². The van der Waals surface area contributed by atoms with E-state index in [2.05, 4.69) is 5.32 Å². The van der Waals surface area contributed by atoms with E-state index < -0.39 is 24.9 Å². The molecule has 2 nitrogen and oxygen atoms in total. The first-order valence-electron chi connectivity index (χ1n) is 4.91. The van der Waals surface area contributed by atoms with Gasteiger partial charge in [0.05, 0.1) is 6.42 Å². The molecule has 0 atom stereocenters. The molecule has 1 aromatic rings. The molecular weight excluding hydrogens is 255 g/mol. The second-order valence-electron chi connectivity index (χ2n) is 3.58. The molecule has 0 radical (unpaired) electrons. The van der Waals surface area contributed by atoms with E-state index in [-0.39, 0.29) is 0 Å². The van der Waals surface area contributed by atoms with Gasteiger partial charge in [0, 0.05) is 17.1 Å². The van der Waals surface area contributed by atoms with Crippen LogP contribution in [-0.4, -0.2) is 12.1 Å². The highest BCUT2D eigenvalue weighted by atomic mass is 35.5. The number of amides is 1. The fourth-order valence-electron chi connectivity index (χ4n) is 1.21. The number of nitrogens with one attached hydrogen (secondary N) is 1. The first-order chi connectivity index (χ1) is 7.79. The molecule has 0 aromatic heterocycles. The first kappa shape index (κ1) is 13.8. The monoisotopic (exact) mass is 265 g/mol. The molecule has 0 aliphatic rings. The maximum Gasteiger partial charge on any atom is 0.389 e. The molecule has 0 bridgehead atoms. The minimum absolute atomic E-state index is 0.435. The van der Waals surface area contributed by atoms with Crippen molar-refractivity contribution >= 4 is 23.2 Å². The fraction of sp³-hybridized carbons (Fsp3) is 0.364. The van der Waals surface area contributed by atoms with Gasteiger partial charge >= 0.3 is 6.18 Å². The lowest BCUT2D eigenvalue weighted by Crippen LogP contribution is -2.17. The van der Waals surface area contributed by atoms with Crippen LogP contribution in [-0.2, 0) is 4.79 Å². The summed E-state index contributed by atoms with van der Waals surface area (Å²) in [5.41, 5.74) is 1.07. The molecule has 0 unspecified atom stereocenters. The van der Waals surface area contributed by atoms with Crippen LogP contribution in [0.5, 0.6) is 0 Å². The zero-order valence-electron chi connectivity index (χ0n) is 9.07.